The number of ketones is 1. The first-order valence-electron chi connectivity index (χ1n) is 6.64. The van der Waals surface area contributed by atoms with Gasteiger partial charge in [-0.25, -0.2) is 0 Å². The van der Waals surface area contributed by atoms with Crippen LogP contribution in [0.2, 0.25) is 5.02 Å². The van der Waals surface area contributed by atoms with Crippen LogP contribution in [0.25, 0.3) is 0 Å². The second-order valence-electron chi connectivity index (χ2n) is 6.21. The van der Waals surface area contributed by atoms with E-state index in [-0.39, 0.29) is 11.3 Å². The van der Waals surface area contributed by atoms with E-state index in [0.29, 0.717) is 5.78 Å². The summed E-state index contributed by atoms with van der Waals surface area (Å²) in [6.45, 7) is 8.35. The van der Waals surface area contributed by atoms with Crippen LogP contribution in [-0.2, 0) is 0 Å². The lowest BCUT2D eigenvalue weighted by Crippen LogP contribution is -2.26. The molecule has 2 rings (SSSR count). The van der Waals surface area contributed by atoms with Gasteiger partial charge in [-0.3, -0.25) is 4.79 Å². The van der Waals surface area contributed by atoms with Gasteiger partial charge in [-0.1, -0.05) is 31.9 Å². The number of Topliss-reactive ketones (excluding diaryl/α,β-unsaturated/α-hetero) is 1. The Labute approximate surface area is 115 Å². The van der Waals surface area contributed by atoms with E-state index in [2.05, 4.69) is 13.8 Å². The van der Waals surface area contributed by atoms with Crippen molar-refractivity contribution in [3.63, 3.8) is 0 Å². The second kappa shape index (κ2) is 4.70. The molecule has 2 heteroatoms. The fourth-order valence-corrected chi connectivity index (χ4v) is 3.27. The van der Waals surface area contributed by atoms with Crippen LogP contribution in [0.5, 0.6) is 0 Å². The van der Waals surface area contributed by atoms with Gasteiger partial charge in [-0.05, 0) is 55.4 Å². The Balaban J connectivity index is 2.38. The zero-order valence-electron chi connectivity index (χ0n) is 11.6. The molecule has 18 heavy (non-hydrogen) atoms. The van der Waals surface area contributed by atoms with Gasteiger partial charge in [-0.2, -0.15) is 0 Å². The molecule has 1 aliphatic carbocycles. The molecule has 0 bridgehead atoms. The number of carbonyl (C=O) groups is 1. The Kier molecular flexibility index (Phi) is 3.55. The van der Waals surface area contributed by atoms with Crippen molar-refractivity contribution in [3.8, 4) is 0 Å². The maximum absolute atomic E-state index is 12.7. The first-order chi connectivity index (χ1) is 8.33. The molecule has 1 nitrogen and oxygen atoms in total. The largest absolute Gasteiger partial charge is 0.294 e. The van der Waals surface area contributed by atoms with Crippen molar-refractivity contribution < 1.29 is 4.79 Å². The number of carbonyl (C=O) groups excluding carboxylic acids is 1. The Morgan fingerprint density at radius 2 is 1.94 bits per heavy atom. The predicted octanol–water partition coefficient (Wildman–Crippen LogP) is 4.97. The molecular weight excluding hydrogens is 244 g/mol. The van der Waals surface area contributed by atoms with Crippen LogP contribution in [0.1, 0.15) is 54.6 Å². The summed E-state index contributed by atoms with van der Waals surface area (Å²) < 4.78 is 0. The molecule has 0 heterocycles. The third-order valence-corrected chi connectivity index (χ3v) is 4.75. The molecule has 0 spiro atoms. The molecule has 0 aromatic heterocycles. The summed E-state index contributed by atoms with van der Waals surface area (Å²) in [6.07, 6.45) is 3.33. The molecule has 1 aromatic carbocycles. The summed E-state index contributed by atoms with van der Waals surface area (Å²) in [5, 5.41) is 0.745. The van der Waals surface area contributed by atoms with Crippen molar-refractivity contribution in [3.05, 3.63) is 33.8 Å². The first kappa shape index (κ1) is 13.6. The van der Waals surface area contributed by atoms with Gasteiger partial charge in [0.25, 0.3) is 0 Å². The lowest BCUT2D eigenvalue weighted by molar-refractivity contribution is 0.0838. The lowest BCUT2D eigenvalue weighted by Gasteiger charge is -2.26. The Morgan fingerprint density at radius 1 is 1.28 bits per heavy atom. The summed E-state index contributed by atoms with van der Waals surface area (Å²) in [7, 11) is 0. The third kappa shape index (κ3) is 2.33. The Hall–Kier alpha value is -0.820. The molecule has 98 valence electrons. The average molecular weight is 265 g/mol. The molecule has 0 amide bonds. The van der Waals surface area contributed by atoms with E-state index in [1.807, 2.05) is 26.0 Å². The van der Waals surface area contributed by atoms with Gasteiger partial charge >= 0.3 is 0 Å². The molecule has 0 N–H and O–H groups in total. The highest BCUT2D eigenvalue weighted by Crippen LogP contribution is 2.44. The summed E-state index contributed by atoms with van der Waals surface area (Å²) >= 11 is 6.10. The fraction of sp³-hybridized carbons (Fsp3) is 0.562. The van der Waals surface area contributed by atoms with Crippen LogP contribution in [0.15, 0.2) is 12.1 Å². The second-order valence-corrected chi connectivity index (χ2v) is 6.62. The van der Waals surface area contributed by atoms with Crippen LogP contribution in [0, 0.1) is 25.2 Å². The van der Waals surface area contributed by atoms with Gasteiger partial charge < -0.3 is 0 Å². The van der Waals surface area contributed by atoms with Crippen LogP contribution in [0.4, 0.5) is 0 Å². The van der Waals surface area contributed by atoms with Crippen molar-refractivity contribution in [1.29, 1.82) is 0 Å². The van der Waals surface area contributed by atoms with Gasteiger partial charge in [0.1, 0.15) is 0 Å². The molecule has 1 saturated carbocycles. The number of hydrogen-bond acceptors (Lipinski definition) is 1. The van der Waals surface area contributed by atoms with Crippen LogP contribution in [0.3, 0.4) is 0 Å². The normalized spacial score (nSPS) is 22.2. The van der Waals surface area contributed by atoms with Gasteiger partial charge in [-0.15, -0.1) is 0 Å². The maximum Gasteiger partial charge on any atom is 0.166 e. The molecule has 1 fully saturated rings. The number of aryl methyl sites for hydroxylation is 2. The number of hydrogen-bond donors (Lipinski definition) is 0. The minimum absolute atomic E-state index is 0.136. The summed E-state index contributed by atoms with van der Waals surface area (Å²) in [5.74, 6) is 0.464. The van der Waals surface area contributed by atoms with Gasteiger partial charge in [0.05, 0.1) is 0 Å². The summed E-state index contributed by atoms with van der Waals surface area (Å²) in [6, 6.07) is 3.86. The topological polar surface area (TPSA) is 17.1 Å². The van der Waals surface area contributed by atoms with E-state index >= 15 is 0 Å². The smallest absolute Gasteiger partial charge is 0.166 e. The number of halogens is 1. The van der Waals surface area contributed by atoms with Crippen molar-refractivity contribution in [1.82, 2.24) is 0 Å². The molecule has 0 radical (unpaired) electrons. The van der Waals surface area contributed by atoms with E-state index in [1.165, 1.54) is 0 Å². The summed E-state index contributed by atoms with van der Waals surface area (Å²) in [4.78, 5) is 12.7. The van der Waals surface area contributed by atoms with Crippen LogP contribution in [-0.4, -0.2) is 5.78 Å². The minimum Gasteiger partial charge on any atom is -0.294 e. The Morgan fingerprint density at radius 3 is 2.50 bits per heavy atom. The van der Waals surface area contributed by atoms with E-state index in [1.54, 1.807) is 0 Å². The first-order valence-corrected chi connectivity index (χ1v) is 7.01. The van der Waals surface area contributed by atoms with Crippen LogP contribution < -0.4 is 0 Å². The number of benzene rings is 1. The zero-order chi connectivity index (χ0) is 13.5. The fourth-order valence-electron chi connectivity index (χ4n) is 3.05. The SMILES string of the molecule is Cc1cc(C(=O)C2CCCC2(C)C)c(C)cc1Cl. The van der Waals surface area contributed by atoms with Gasteiger partial charge in [0.2, 0.25) is 0 Å². The summed E-state index contributed by atoms with van der Waals surface area (Å²) in [5.41, 5.74) is 2.98. The average Bonchev–Trinajstić information content (AvgIpc) is 2.62. The molecule has 1 unspecified atom stereocenters. The van der Waals surface area contributed by atoms with Crippen molar-refractivity contribution in [2.75, 3.05) is 0 Å². The van der Waals surface area contributed by atoms with E-state index in [4.69, 9.17) is 11.6 Å². The highest BCUT2D eigenvalue weighted by molar-refractivity contribution is 6.31. The maximum atomic E-state index is 12.7. The van der Waals surface area contributed by atoms with E-state index in [0.717, 1.165) is 41.0 Å². The van der Waals surface area contributed by atoms with E-state index in [9.17, 15) is 4.79 Å². The molecule has 1 atom stereocenters. The molecule has 1 aromatic rings. The highest BCUT2D eigenvalue weighted by Gasteiger charge is 2.39. The van der Waals surface area contributed by atoms with E-state index < -0.39 is 0 Å². The standard InChI is InChI=1S/C16H21ClO/c1-10-9-14(17)11(2)8-12(10)15(18)13-6-5-7-16(13,3)4/h8-9,13H,5-7H2,1-4H3. The lowest BCUT2D eigenvalue weighted by atomic mass is 9.77. The van der Waals surface area contributed by atoms with Gasteiger partial charge in [0, 0.05) is 16.5 Å². The zero-order valence-corrected chi connectivity index (χ0v) is 12.4. The molecular formula is C16H21ClO. The quantitative estimate of drug-likeness (QED) is 0.690. The van der Waals surface area contributed by atoms with Crippen molar-refractivity contribution >= 4 is 17.4 Å². The number of rotatable bonds is 2. The van der Waals surface area contributed by atoms with Crippen molar-refractivity contribution in [2.45, 2.75) is 47.0 Å². The third-order valence-electron chi connectivity index (χ3n) is 4.34. The molecule has 0 saturated heterocycles. The van der Waals surface area contributed by atoms with Crippen LogP contribution >= 0.6 is 11.6 Å². The Bertz CT molecular complexity index is 488. The monoisotopic (exact) mass is 264 g/mol. The molecule has 1 aliphatic rings. The predicted molar refractivity (Wildman–Crippen MR) is 76.4 cm³/mol. The van der Waals surface area contributed by atoms with Crippen molar-refractivity contribution in [2.24, 2.45) is 11.3 Å². The highest BCUT2D eigenvalue weighted by atomic mass is 35.5. The molecule has 0 aliphatic heterocycles. The minimum atomic E-state index is 0.136. The van der Waals surface area contributed by atoms with Gasteiger partial charge in [0.15, 0.2) is 5.78 Å².